The summed E-state index contributed by atoms with van der Waals surface area (Å²) < 4.78 is 0. The third-order valence-corrected chi connectivity index (χ3v) is 1.93. The standard InChI is InChI=1S/C9H8ClNO/c10-9-4-2-1-3-8(9)7(5-11)6-12/h1-7,11H. The zero-order chi connectivity index (χ0) is 8.97. The first-order valence-corrected chi connectivity index (χ1v) is 3.87. The molecule has 3 heteroatoms. The van der Waals surface area contributed by atoms with Gasteiger partial charge in [-0.25, -0.2) is 0 Å². The molecule has 0 amide bonds. The Hall–Kier alpha value is -1.15. The van der Waals surface area contributed by atoms with Crippen molar-refractivity contribution in [1.82, 2.24) is 0 Å². The minimum absolute atomic E-state index is 0.515. The van der Waals surface area contributed by atoms with E-state index in [0.717, 1.165) is 6.21 Å². The highest BCUT2D eigenvalue weighted by Crippen LogP contribution is 2.21. The molecule has 0 saturated carbocycles. The predicted octanol–water partition coefficient (Wildman–Crippen LogP) is 2.27. The molecular weight excluding hydrogens is 174 g/mol. The number of halogens is 1. The average Bonchev–Trinajstić information content (AvgIpc) is 2.10. The molecule has 2 nitrogen and oxygen atoms in total. The molecule has 0 bridgehead atoms. The molecular formula is C9H8ClNO. The first-order valence-electron chi connectivity index (χ1n) is 3.50. The Bertz CT molecular complexity index is 290. The lowest BCUT2D eigenvalue weighted by atomic mass is 10.0. The molecule has 1 unspecified atom stereocenters. The van der Waals surface area contributed by atoms with Crippen LogP contribution in [0.3, 0.4) is 0 Å². The summed E-state index contributed by atoms with van der Waals surface area (Å²) in [6.45, 7) is 0. The fourth-order valence-corrected chi connectivity index (χ4v) is 1.21. The van der Waals surface area contributed by atoms with Crippen molar-refractivity contribution in [3.8, 4) is 0 Å². The molecule has 0 radical (unpaired) electrons. The van der Waals surface area contributed by atoms with Crippen molar-refractivity contribution < 1.29 is 4.79 Å². The molecule has 0 saturated heterocycles. The van der Waals surface area contributed by atoms with E-state index in [1.807, 2.05) is 0 Å². The summed E-state index contributed by atoms with van der Waals surface area (Å²) in [7, 11) is 0. The van der Waals surface area contributed by atoms with Gasteiger partial charge in [-0.1, -0.05) is 29.8 Å². The van der Waals surface area contributed by atoms with Crippen LogP contribution in [0.2, 0.25) is 5.02 Å². The van der Waals surface area contributed by atoms with Gasteiger partial charge in [-0.3, -0.25) is 0 Å². The molecule has 1 atom stereocenters. The van der Waals surface area contributed by atoms with Crippen LogP contribution in [0.15, 0.2) is 24.3 Å². The lowest BCUT2D eigenvalue weighted by Crippen LogP contribution is -2.01. The van der Waals surface area contributed by atoms with Crippen LogP contribution in [0.5, 0.6) is 0 Å². The number of benzene rings is 1. The second-order valence-corrected chi connectivity index (χ2v) is 2.76. The van der Waals surface area contributed by atoms with Crippen LogP contribution in [0, 0.1) is 5.41 Å². The number of carbonyl (C=O) groups is 1. The second kappa shape index (κ2) is 4.02. The zero-order valence-electron chi connectivity index (χ0n) is 6.33. The fraction of sp³-hybridized carbons (Fsp3) is 0.111. The Balaban J connectivity index is 3.08. The molecule has 12 heavy (non-hydrogen) atoms. The molecule has 1 rings (SSSR count). The van der Waals surface area contributed by atoms with Gasteiger partial charge in [0, 0.05) is 11.2 Å². The number of hydrogen-bond acceptors (Lipinski definition) is 2. The first-order chi connectivity index (χ1) is 5.79. The fourth-order valence-electron chi connectivity index (χ4n) is 0.948. The van der Waals surface area contributed by atoms with Crippen LogP contribution >= 0.6 is 11.6 Å². The number of hydrogen-bond donors (Lipinski definition) is 1. The third kappa shape index (κ3) is 1.71. The van der Waals surface area contributed by atoms with Crippen molar-refractivity contribution >= 4 is 24.1 Å². The summed E-state index contributed by atoms with van der Waals surface area (Å²) in [6, 6.07) is 7.03. The van der Waals surface area contributed by atoms with Gasteiger partial charge in [0.25, 0.3) is 0 Å². The van der Waals surface area contributed by atoms with E-state index in [2.05, 4.69) is 0 Å². The molecule has 0 heterocycles. The van der Waals surface area contributed by atoms with Gasteiger partial charge >= 0.3 is 0 Å². The predicted molar refractivity (Wildman–Crippen MR) is 49.0 cm³/mol. The van der Waals surface area contributed by atoms with Crippen LogP contribution in [0.1, 0.15) is 11.5 Å². The van der Waals surface area contributed by atoms with Gasteiger partial charge in [0.2, 0.25) is 0 Å². The average molecular weight is 182 g/mol. The summed E-state index contributed by atoms with van der Waals surface area (Å²) in [6.07, 6.45) is 1.78. The summed E-state index contributed by atoms with van der Waals surface area (Å²) in [4.78, 5) is 10.5. The van der Waals surface area contributed by atoms with Crippen LogP contribution in [0.25, 0.3) is 0 Å². The zero-order valence-corrected chi connectivity index (χ0v) is 7.08. The molecule has 0 fully saturated rings. The highest BCUT2D eigenvalue weighted by Gasteiger charge is 2.09. The van der Waals surface area contributed by atoms with E-state index in [9.17, 15) is 4.79 Å². The maximum atomic E-state index is 10.5. The topological polar surface area (TPSA) is 40.9 Å². The number of aldehydes is 1. The van der Waals surface area contributed by atoms with E-state index >= 15 is 0 Å². The highest BCUT2D eigenvalue weighted by molar-refractivity contribution is 6.31. The number of nitrogens with one attached hydrogen (secondary N) is 1. The van der Waals surface area contributed by atoms with Gasteiger partial charge in [-0.2, -0.15) is 0 Å². The number of rotatable bonds is 3. The van der Waals surface area contributed by atoms with Crippen molar-refractivity contribution in [2.75, 3.05) is 0 Å². The van der Waals surface area contributed by atoms with Gasteiger partial charge in [-0.05, 0) is 11.6 Å². The Morgan fingerprint density at radius 1 is 1.42 bits per heavy atom. The molecule has 62 valence electrons. The van der Waals surface area contributed by atoms with Crippen LogP contribution in [-0.4, -0.2) is 12.5 Å². The quantitative estimate of drug-likeness (QED) is 0.564. The monoisotopic (exact) mass is 181 g/mol. The Morgan fingerprint density at radius 3 is 2.58 bits per heavy atom. The molecule has 0 aromatic heterocycles. The van der Waals surface area contributed by atoms with Crippen molar-refractivity contribution in [3.63, 3.8) is 0 Å². The van der Waals surface area contributed by atoms with Crippen LogP contribution in [-0.2, 0) is 4.79 Å². The molecule has 1 aromatic carbocycles. The summed E-state index contributed by atoms with van der Waals surface area (Å²) in [5.74, 6) is -0.515. The van der Waals surface area contributed by atoms with Gasteiger partial charge in [0.15, 0.2) is 0 Å². The SMILES string of the molecule is N=CC(C=O)c1ccccc1Cl. The normalized spacial score (nSPS) is 12.1. The van der Waals surface area contributed by atoms with E-state index in [-0.39, 0.29) is 0 Å². The smallest absolute Gasteiger partial charge is 0.132 e. The second-order valence-electron chi connectivity index (χ2n) is 2.35. The maximum absolute atomic E-state index is 10.5. The minimum atomic E-state index is -0.515. The summed E-state index contributed by atoms with van der Waals surface area (Å²) >= 11 is 5.81. The van der Waals surface area contributed by atoms with E-state index < -0.39 is 5.92 Å². The lowest BCUT2D eigenvalue weighted by molar-refractivity contribution is -0.107. The Morgan fingerprint density at radius 2 is 2.08 bits per heavy atom. The van der Waals surface area contributed by atoms with Crippen molar-refractivity contribution in [2.45, 2.75) is 5.92 Å². The van der Waals surface area contributed by atoms with Gasteiger partial charge < -0.3 is 10.2 Å². The Kier molecular flexibility index (Phi) is 3.00. The highest BCUT2D eigenvalue weighted by atomic mass is 35.5. The van der Waals surface area contributed by atoms with E-state index in [4.69, 9.17) is 17.0 Å². The van der Waals surface area contributed by atoms with Crippen molar-refractivity contribution in [1.29, 1.82) is 5.41 Å². The van der Waals surface area contributed by atoms with Gasteiger partial charge in [0.1, 0.15) is 6.29 Å². The Labute approximate surface area is 75.7 Å². The van der Waals surface area contributed by atoms with Gasteiger partial charge in [-0.15, -0.1) is 0 Å². The molecule has 1 aromatic rings. The van der Waals surface area contributed by atoms with E-state index in [1.165, 1.54) is 0 Å². The molecule has 1 N–H and O–H groups in total. The van der Waals surface area contributed by atoms with E-state index in [1.54, 1.807) is 24.3 Å². The first kappa shape index (κ1) is 8.94. The van der Waals surface area contributed by atoms with Crippen molar-refractivity contribution in [3.05, 3.63) is 34.9 Å². The third-order valence-electron chi connectivity index (χ3n) is 1.59. The summed E-state index contributed by atoms with van der Waals surface area (Å²) in [5.41, 5.74) is 0.684. The molecule has 0 spiro atoms. The molecule has 0 aliphatic heterocycles. The van der Waals surface area contributed by atoms with Crippen LogP contribution < -0.4 is 0 Å². The largest absolute Gasteiger partial charge is 0.312 e. The summed E-state index contributed by atoms with van der Waals surface area (Å²) in [5, 5.41) is 7.51. The van der Waals surface area contributed by atoms with E-state index in [0.29, 0.717) is 16.9 Å². The van der Waals surface area contributed by atoms with Crippen molar-refractivity contribution in [2.24, 2.45) is 0 Å². The number of carbonyl (C=O) groups excluding carboxylic acids is 1. The van der Waals surface area contributed by atoms with Crippen LogP contribution in [0.4, 0.5) is 0 Å². The maximum Gasteiger partial charge on any atom is 0.132 e. The lowest BCUT2D eigenvalue weighted by Gasteiger charge is -2.05. The minimum Gasteiger partial charge on any atom is -0.312 e. The van der Waals surface area contributed by atoms with Gasteiger partial charge in [0.05, 0.1) is 5.92 Å². The molecule has 0 aliphatic rings. The molecule has 0 aliphatic carbocycles.